The van der Waals surface area contributed by atoms with Crippen LogP contribution in [0.5, 0.6) is 0 Å². The van der Waals surface area contributed by atoms with E-state index in [2.05, 4.69) is 4.98 Å². The van der Waals surface area contributed by atoms with E-state index in [9.17, 15) is 19.2 Å². The normalized spacial score (nSPS) is 19.4. The van der Waals surface area contributed by atoms with Gasteiger partial charge in [0, 0.05) is 29.6 Å². The van der Waals surface area contributed by atoms with Crippen LogP contribution in [-0.4, -0.2) is 34.7 Å². The van der Waals surface area contributed by atoms with E-state index in [1.54, 1.807) is 61.5 Å². The van der Waals surface area contributed by atoms with Crippen molar-refractivity contribution in [2.75, 3.05) is 13.2 Å². The summed E-state index contributed by atoms with van der Waals surface area (Å²) in [5.74, 6) is -1.27. The Bertz CT molecular complexity index is 1250. The number of carbonyl (C=O) groups is 2. The largest absolute Gasteiger partial charge is 0.462 e. The van der Waals surface area contributed by atoms with Gasteiger partial charge in [-0.15, -0.1) is 0 Å². The quantitative estimate of drug-likeness (QED) is 0.557. The first-order chi connectivity index (χ1) is 15.9. The molecule has 8 heteroatoms. The summed E-state index contributed by atoms with van der Waals surface area (Å²) < 4.78 is 12.5. The maximum atomic E-state index is 12.4. The minimum Gasteiger partial charge on any atom is -0.462 e. The number of aryl methyl sites for hydroxylation is 1. The van der Waals surface area contributed by atoms with Crippen molar-refractivity contribution in [3.8, 4) is 0 Å². The van der Waals surface area contributed by atoms with Gasteiger partial charge in [-0.05, 0) is 37.6 Å². The number of H-pyrrole nitrogens is 1. The fraction of sp³-hybridized carbons (Fsp3) is 0.280. The van der Waals surface area contributed by atoms with Crippen LogP contribution in [0, 0.1) is 18.8 Å². The van der Waals surface area contributed by atoms with Gasteiger partial charge in [-0.1, -0.05) is 36.4 Å². The average molecular weight is 448 g/mol. The molecule has 1 heterocycles. The summed E-state index contributed by atoms with van der Waals surface area (Å²) in [6.45, 7) is 1.81. The first kappa shape index (κ1) is 22.3. The van der Waals surface area contributed by atoms with Crippen LogP contribution in [0.3, 0.4) is 0 Å². The van der Waals surface area contributed by atoms with Crippen LogP contribution < -0.4 is 11.2 Å². The molecule has 2 aromatic carbocycles. The Kier molecular flexibility index (Phi) is 6.53. The Morgan fingerprint density at radius 2 is 1.45 bits per heavy atom. The lowest BCUT2D eigenvalue weighted by molar-refractivity contribution is -0.0330. The average Bonchev–Trinajstić information content (AvgIpc) is 2.82. The van der Waals surface area contributed by atoms with Gasteiger partial charge >= 0.3 is 17.6 Å². The Balaban J connectivity index is 1.48. The zero-order valence-electron chi connectivity index (χ0n) is 18.1. The van der Waals surface area contributed by atoms with Crippen molar-refractivity contribution in [2.45, 2.75) is 19.4 Å². The van der Waals surface area contributed by atoms with Gasteiger partial charge in [-0.25, -0.2) is 14.4 Å². The number of aromatic nitrogens is 2. The molecule has 0 aliphatic heterocycles. The molecule has 3 aromatic rings. The highest BCUT2D eigenvalue weighted by Crippen LogP contribution is 2.44. The van der Waals surface area contributed by atoms with E-state index in [-0.39, 0.29) is 31.1 Å². The van der Waals surface area contributed by atoms with Gasteiger partial charge in [-0.2, -0.15) is 0 Å². The molecule has 1 aliphatic carbocycles. The topological polar surface area (TPSA) is 107 Å². The second kappa shape index (κ2) is 9.68. The lowest BCUT2D eigenvalue weighted by atomic mass is 9.69. The number of hydrogen-bond donors (Lipinski definition) is 1. The summed E-state index contributed by atoms with van der Waals surface area (Å²) in [4.78, 5) is 51.2. The fourth-order valence-electron chi connectivity index (χ4n) is 4.04. The summed E-state index contributed by atoms with van der Waals surface area (Å²) in [6, 6.07) is 17.0. The first-order valence-corrected chi connectivity index (χ1v) is 10.7. The Morgan fingerprint density at radius 1 is 0.909 bits per heavy atom. The number of nitrogens with one attached hydrogen (secondary N) is 1. The summed E-state index contributed by atoms with van der Waals surface area (Å²) >= 11 is 0. The highest BCUT2D eigenvalue weighted by molar-refractivity contribution is 5.89. The number of hydrogen-bond acceptors (Lipinski definition) is 6. The van der Waals surface area contributed by atoms with E-state index in [4.69, 9.17) is 9.47 Å². The van der Waals surface area contributed by atoms with Crippen molar-refractivity contribution < 1.29 is 19.1 Å². The Morgan fingerprint density at radius 3 is 2.03 bits per heavy atom. The number of aromatic amines is 1. The molecule has 0 bridgehead atoms. The summed E-state index contributed by atoms with van der Waals surface area (Å²) in [5.41, 5.74) is 0.338. The molecule has 3 atom stereocenters. The van der Waals surface area contributed by atoms with Gasteiger partial charge in [0.2, 0.25) is 0 Å². The van der Waals surface area contributed by atoms with E-state index in [0.717, 1.165) is 0 Å². The summed E-state index contributed by atoms with van der Waals surface area (Å²) in [6.07, 6.45) is 2.06. The van der Waals surface area contributed by atoms with Crippen molar-refractivity contribution in [1.29, 1.82) is 0 Å². The molecule has 33 heavy (non-hydrogen) atoms. The van der Waals surface area contributed by atoms with Crippen molar-refractivity contribution >= 4 is 11.9 Å². The maximum absolute atomic E-state index is 12.4. The minimum absolute atomic E-state index is 0.0521. The van der Waals surface area contributed by atoms with Crippen LogP contribution in [0.2, 0.25) is 0 Å². The summed E-state index contributed by atoms with van der Waals surface area (Å²) in [5, 5.41) is 0. The first-order valence-electron chi connectivity index (χ1n) is 10.7. The second-order valence-electron chi connectivity index (χ2n) is 8.13. The number of nitrogens with zero attached hydrogens (tertiary/aromatic N) is 1. The molecule has 1 aliphatic rings. The molecule has 0 saturated heterocycles. The Labute approximate surface area is 189 Å². The molecule has 8 nitrogen and oxygen atoms in total. The smallest absolute Gasteiger partial charge is 0.338 e. The number of benzene rings is 2. The van der Waals surface area contributed by atoms with Gasteiger partial charge in [0.25, 0.3) is 5.56 Å². The lowest BCUT2D eigenvalue weighted by Crippen LogP contribution is -2.48. The standard InChI is InChI=1S/C25H24N2O6/c1-16-13-27(25(31)26-22(16)28)21-12-19(14-32-23(29)17-8-4-2-5-9-17)20(21)15-33-24(30)18-10-6-3-7-11-18/h2-11,13,19-21H,12,14-15H2,1H3,(H,26,28,31)/t19-,20-,21-/m1/s1. The van der Waals surface area contributed by atoms with E-state index in [1.807, 2.05) is 6.07 Å². The third kappa shape index (κ3) is 4.95. The molecule has 0 unspecified atom stereocenters. The maximum Gasteiger partial charge on any atom is 0.338 e. The molecule has 1 fully saturated rings. The van der Waals surface area contributed by atoms with Crippen LogP contribution in [0.4, 0.5) is 0 Å². The van der Waals surface area contributed by atoms with Crippen LogP contribution >= 0.6 is 0 Å². The number of carbonyl (C=O) groups excluding carboxylic acids is 2. The van der Waals surface area contributed by atoms with Crippen LogP contribution in [-0.2, 0) is 9.47 Å². The van der Waals surface area contributed by atoms with E-state index >= 15 is 0 Å². The van der Waals surface area contributed by atoms with Crippen molar-refractivity contribution in [3.05, 3.63) is 104 Å². The minimum atomic E-state index is -0.519. The van der Waals surface area contributed by atoms with Crippen molar-refractivity contribution in [1.82, 2.24) is 9.55 Å². The molecule has 0 spiro atoms. The SMILES string of the molecule is Cc1cn([C@@H]2C[C@H](COC(=O)c3ccccc3)[C@H]2COC(=O)c2ccccc2)c(=O)[nH]c1=O. The monoisotopic (exact) mass is 448 g/mol. The van der Waals surface area contributed by atoms with Gasteiger partial charge in [0.15, 0.2) is 0 Å². The van der Waals surface area contributed by atoms with E-state index < -0.39 is 23.2 Å². The zero-order chi connectivity index (χ0) is 23.4. The number of rotatable bonds is 7. The molecule has 0 radical (unpaired) electrons. The summed E-state index contributed by atoms with van der Waals surface area (Å²) in [7, 11) is 0. The Hall–Kier alpha value is -3.94. The van der Waals surface area contributed by atoms with Gasteiger partial charge in [0.05, 0.1) is 24.3 Å². The van der Waals surface area contributed by atoms with Crippen LogP contribution in [0.25, 0.3) is 0 Å². The molecule has 170 valence electrons. The van der Waals surface area contributed by atoms with Gasteiger partial charge in [-0.3, -0.25) is 14.3 Å². The third-order valence-corrected chi connectivity index (χ3v) is 6.00. The molecular formula is C25H24N2O6. The second-order valence-corrected chi connectivity index (χ2v) is 8.13. The highest BCUT2D eigenvalue weighted by Gasteiger charge is 2.44. The fourth-order valence-corrected chi connectivity index (χ4v) is 4.04. The van der Waals surface area contributed by atoms with Crippen molar-refractivity contribution in [3.63, 3.8) is 0 Å². The molecule has 1 aromatic heterocycles. The lowest BCUT2D eigenvalue weighted by Gasteiger charge is -2.44. The van der Waals surface area contributed by atoms with E-state index in [0.29, 0.717) is 23.1 Å². The molecule has 4 rings (SSSR count). The predicted molar refractivity (Wildman–Crippen MR) is 120 cm³/mol. The van der Waals surface area contributed by atoms with Gasteiger partial charge in [0.1, 0.15) is 0 Å². The van der Waals surface area contributed by atoms with Crippen LogP contribution in [0.1, 0.15) is 38.7 Å². The zero-order valence-corrected chi connectivity index (χ0v) is 18.1. The molecular weight excluding hydrogens is 424 g/mol. The number of esters is 2. The molecule has 1 N–H and O–H groups in total. The van der Waals surface area contributed by atoms with Crippen molar-refractivity contribution in [2.24, 2.45) is 11.8 Å². The predicted octanol–water partition coefficient (Wildman–Crippen LogP) is 2.74. The molecule has 0 amide bonds. The molecule has 1 saturated carbocycles. The van der Waals surface area contributed by atoms with E-state index in [1.165, 1.54) is 10.8 Å². The van der Waals surface area contributed by atoms with Crippen LogP contribution in [0.15, 0.2) is 76.4 Å². The van der Waals surface area contributed by atoms with Gasteiger partial charge < -0.3 is 9.47 Å². The number of ether oxygens (including phenoxy) is 2. The highest BCUT2D eigenvalue weighted by atomic mass is 16.5. The third-order valence-electron chi connectivity index (χ3n) is 6.00.